The van der Waals surface area contributed by atoms with Crippen molar-refractivity contribution in [3.63, 3.8) is 0 Å². The zero-order valence-corrected chi connectivity index (χ0v) is 9.12. The Morgan fingerprint density at radius 2 is 2.06 bits per heavy atom. The molecule has 1 heterocycles. The van der Waals surface area contributed by atoms with E-state index in [4.69, 9.17) is 0 Å². The summed E-state index contributed by atoms with van der Waals surface area (Å²) in [6, 6.07) is 0.890. The largest absolute Gasteiger partial charge is 0.416 e. The second-order valence-corrected chi connectivity index (χ2v) is 3.79. The smallest absolute Gasteiger partial charge is 0.388 e. The summed E-state index contributed by atoms with van der Waals surface area (Å²) in [5.41, 5.74) is -0.959. The number of alkyl halides is 3. The van der Waals surface area contributed by atoms with Crippen molar-refractivity contribution in [3.05, 3.63) is 29.6 Å². The van der Waals surface area contributed by atoms with Gasteiger partial charge in [0.1, 0.15) is 0 Å². The lowest BCUT2D eigenvalue weighted by Crippen LogP contribution is -2.16. The van der Waals surface area contributed by atoms with Crippen molar-refractivity contribution in [1.29, 1.82) is 0 Å². The molecule has 2 unspecified atom stereocenters. The lowest BCUT2D eigenvalue weighted by atomic mass is 9.93. The van der Waals surface area contributed by atoms with E-state index in [0.29, 0.717) is 6.42 Å². The van der Waals surface area contributed by atoms with E-state index >= 15 is 0 Å². The fourth-order valence-electron chi connectivity index (χ4n) is 1.43. The third-order valence-electron chi connectivity index (χ3n) is 2.66. The van der Waals surface area contributed by atoms with Gasteiger partial charge in [-0.25, -0.2) is 0 Å². The molecule has 1 N–H and O–H groups in total. The summed E-state index contributed by atoms with van der Waals surface area (Å²) in [6.45, 7) is 3.52. The summed E-state index contributed by atoms with van der Waals surface area (Å²) in [7, 11) is 0. The molecule has 90 valence electrons. The lowest BCUT2D eigenvalue weighted by molar-refractivity contribution is -0.139. The number of aliphatic hydroxyl groups excluding tert-OH is 1. The summed E-state index contributed by atoms with van der Waals surface area (Å²) >= 11 is 0. The Labute approximate surface area is 92.1 Å². The molecular formula is C11H14F3NO. The monoisotopic (exact) mass is 233 g/mol. The van der Waals surface area contributed by atoms with Crippen LogP contribution in [0.2, 0.25) is 0 Å². The highest BCUT2D eigenvalue weighted by Gasteiger charge is 2.35. The maximum Gasteiger partial charge on any atom is 0.416 e. The van der Waals surface area contributed by atoms with Gasteiger partial charge in [0.25, 0.3) is 0 Å². The summed E-state index contributed by atoms with van der Waals surface area (Å²) in [5.74, 6) is -0.231. The Balaban J connectivity index is 3.13. The van der Waals surface area contributed by atoms with Crippen LogP contribution in [0.4, 0.5) is 13.2 Å². The molecule has 0 bridgehead atoms. The Morgan fingerprint density at radius 1 is 1.44 bits per heavy atom. The highest BCUT2D eigenvalue weighted by atomic mass is 19.4. The van der Waals surface area contributed by atoms with E-state index in [9.17, 15) is 18.3 Å². The quantitative estimate of drug-likeness (QED) is 0.869. The number of rotatable bonds is 3. The van der Waals surface area contributed by atoms with Crippen LogP contribution in [0.3, 0.4) is 0 Å². The van der Waals surface area contributed by atoms with E-state index in [1.165, 1.54) is 0 Å². The summed E-state index contributed by atoms with van der Waals surface area (Å²) in [6.07, 6.45) is -2.81. The number of hydrogen-bond donors (Lipinski definition) is 1. The van der Waals surface area contributed by atoms with Gasteiger partial charge in [-0.3, -0.25) is 4.98 Å². The van der Waals surface area contributed by atoms with Gasteiger partial charge in [-0.1, -0.05) is 20.3 Å². The number of halogens is 3. The molecule has 1 aromatic heterocycles. The van der Waals surface area contributed by atoms with E-state index in [0.717, 1.165) is 18.5 Å². The Kier molecular flexibility index (Phi) is 3.91. The second kappa shape index (κ2) is 4.82. The van der Waals surface area contributed by atoms with Gasteiger partial charge in [0.05, 0.1) is 11.7 Å². The van der Waals surface area contributed by atoms with Crippen LogP contribution in [-0.2, 0) is 6.18 Å². The molecule has 2 nitrogen and oxygen atoms in total. The van der Waals surface area contributed by atoms with Crippen LogP contribution in [-0.4, -0.2) is 10.1 Å². The topological polar surface area (TPSA) is 33.1 Å². The predicted molar refractivity (Wildman–Crippen MR) is 53.7 cm³/mol. The van der Waals surface area contributed by atoms with E-state index in [2.05, 4.69) is 4.98 Å². The highest BCUT2D eigenvalue weighted by Crippen LogP contribution is 2.36. The average Bonchev–Trinajstić information content (AvgIpc) is 2.26. The maximum absolute atomic E-state index is 12.6. The molecule has 0 aliphatic rings. The first-order valence-corrected chi connectivity index (χ1v) is 5.07. The molecule has 0 spiro atoms. The lowest BCUT2D eigenvalue weighted by Gasteiger charge is -2.21. The van der Waals surface area contributed by atoms with Crippen molar-refractivity contribution < 1.29 is 18.3 Å². The van der Waals surface area contributed by atoms with E-state index in [1.807, 2.05) is 6.92 Å². The summed E-state index contributed by atoms with van der Waals surface area (Å²) < 4.78 is 37.9. The van der Waals surface area contributed by atoms with E-state index in [-0.39, 0.29) is 11.5 Å². The van der Waals surface area contributed by atoms with Crippen LogP contribution in [0.5, 0.6) is 0 Å². The SMILES string of the molecule is CCC(C)C(O)c1cnccc1C(F)(F)F. The molecule has 0 amide bonds. The van der Waals surface area contributed by atoms with Gasteiger partial charge >= 0.3 is 6.18 Å². The van der Waals surface area contributed by atoms with Gasteiger partial charge in [-0.2, -0.15) is 13.2 Å². The van der Waals surface area contributed by atoms with Crippen molar-refractivity contribution in [3.8, 4) is 0 Å². The number of aromatic nitrogens is 1. The van der Waals surface area contributed by atoms with E-state index < -0.39 is 17.8 Å². The van der Waals surface area contributed by atoms with Gasteiger partial charge in [0.15, 0.2) is 0 Å². The third-order valence-corrected chi connectivity index (χ3v) is 2.66. The minimum Gasteiger partial charge on any atom is -0.388 e. The van der Waals surface area contributed by atoms with Crippen molar-refractivity contribution in [2.24, 2.45) is 5.92 Å². The van der Waals surface area contributed by atoms with Gasteiger partial charge in [0.2, 0.25) is 0 Å². The fraction of sp³-hybridized carbons (Fsp3) is 0.545. The normalized spacial score (nSPS) is 15.9. The molecule has 16 heavy (non-hydrogen) atoms. The molecule has 0 aromatic carbocycles. The van der Waals surface area contributed by atoms with Crippen molar-refractivity contribution >= 4 is 0 Å². The zero-order chi connectivity index (χ0) is 12.3. The molecule has 0 fully saturated rings. The summed E-state index contributed by atoms with van der Waals surface area (Å²) in [4.78, 5) is 3.64. The minimum absolute atomic E-state index is 0.149. The number of nitrogens with zero attached hydrogens (tertiary/aromatic N) is 1. The number of pyridine rings is 1. The van der Waals surface area contributed by atoms with Gasteiger partial charge < -0.3 is 5.11 Å². The Morgan fingerprint density at radius 3 is 2.56 bits per heavy atom. The Bertz CT molecular complexity index is 351. The first kappa shape index (κ1) is 13.0. The van der Waals surface area contributed by atoms with Crippen LogP contribution in [0.25, 0.3) is 0 Å². The summed E-state index contributed by atoms with van der Waals surface area (Å²) in [5, 5.41) is 9.79. The molecule has 1 aromatic rings. The third kappa shape index (κ3) is 2.72. The number of hydrogen-bond acceptors (Lipinski definition) is 2. The molecule has 0 aliphatic carbocycles. The van der Waals surface area contributed by atoms with E-state index in [1.54, 1.807) is 6.92 Å². The van der Waals surface area contributed by atoms with Gasteiger partial charge in [-0.15, -0.1) is 0 Å². The molecule has 0 radical (unpaired) electrons. The maximum atomic E-state index is 12.6. The van der Waals surface area contributed by atoms with Crippen LogP contribution in [0.1, 0.15) is 37.5 Å². The molecule has 1 rings (SSSR count). The molecule has 5 heteroatoms. The molecule has 0 saturated heterocycles. The average molecular weight is 233 g/mol. The van der Waals surface area contributed by atoms with Crippen molar-refractivity contribution in [1.82, 2.24) is 4.98 Å². The van der Waals surface area contributed by atoms with Crippen molar-refractivity contribution in [2.75, 3.05) is 0 Å². The van der Waals surface area contributed by atoms with Crippen molar-refractivity contribution in [2.45, 2.75) is 32.5 Å². The first-order valence-electron chi connectivity index (χ1n) is 5.07. The standard InChI is InChI=1S/C11H14F3NO/c1-3-7(2)10(16)8-6-15-5-4-9(8)11(12,13)14/h4-7,10,16H,3H2,1-2H3. The van der Waals surface area contributed by atoms with Gasteiger partial charge in [0, 0.05) is 18.0 Å². The Hall–Kier alpha value is -1.10. The molecule has 0 aliphatic heterocycles. The van der Waals surface area contributed by atoms with Crippen LogP contribution in [0.15, 0.2) is 18.5 Å². The first-order chi connectivity index (χ1) is 7.38. The molecule has 0 saturated carbocycles. The van der Waals surface area contributed by atoms with Crippen LogP contribution >= 0.6 is 0 Å². The van der Waals surface area contributed by atoms with Crippen LogP contribution < -0.4 is 0 Å². The minimum atomic E-state index is -4.45. The predicted octanol–water partition coefficient (Wildman–Crippen LogP) is 3.18. The molecular weight excluding hydrogens is 219 g/mol. The zero-order valence-electron chi connectivity index (χ0n) is 9.12. The number of aliphatic hydroxyl groups is 1. The molecule has 2 atom stereocenters. The van der Waals surface area contributed by atoms with Gasteiger partial charge in [-0.05, 0) is 12.0 Å². The van der Waals surface area contributed by atoms with Crippen LogP contribution in [0, 0.1) is 5.92 Å². The fourth-order valence-corrected chi connectivity index (χ4v) is 1.43. The second-order valence-electron chi connectivity index (χ2n) is 3.79. The highest BCUT2D eigenvalue weighted by molar-refractivity contribution is 5.28.